The number of nitrogens with one attached hydrogen (secondary N) is 2. The van der Waals surface area contributed by atoms with Gasteiger partial charge in [0.05, 0.1) is 6.33 Å². The van der Waals surface area contributed by atoms with Crippen LogP contribution in [0.2, 0.25) is 0 Å². The van der Waals surface area contributed by atoms with E-state index in [-0.39, 0.29) is 6.61 Å². The highest BCUT2D eigenvalue weighted by Crippen LogP contribution is 2.33. The molecular weight excluding hydrogens is 366 g/mol. The first-order chi connectivity index (χ1) is 14.2. The van der Waals surface area contributed by atoms with Gasteiger partial charge in [0.2, 0.25) is 5.95 Å². The van der Waals surface area contributed by atoms with Gasteiger partial charge in [-0.3, -0.25) is 0 Å². The molecule has 0 bridgehead atoms. The van der Waals surface area contributed by atoms with E-state index in [2.05, 4.69) is 20.2 Å². The number of aliphatic hydroxyl groups excluding tert-OH is 1. The Kier molecular flexibility index (Phi) is 6.82. The summed E-state index contributed by atoms with van der Waals surface area (Å²) in [5.41, 5.74) is 7.84. The molecule has 0 aromatic carbocycles. The van der Waals surface area contributed by atoms with Gasteiger partial charge in [0.15, 0.2) is 17.0 Å². The third-order valence-corrected chi connectivity index (χ3v) is 6.37. The van der Waals surface area contributed by atoms with Crippen molar-refractivity contribution in [1.29, 1.82) is 0 Å². The van der Waals surface area contributed by atoms with Crippen molar-refractivity contribution in [2.24, 2.45) is 5.73 Å². The maximum atomic E-state index is 8.97. The normalized spacial score (nSPS) is 23.0. The van der Waals surface area contributed by atoms with Crippen molar-refractivity contribution in [3.63, 3.8) is 0 Å². The number of imidazole rings is 1. The highest BCUT2D eigenvalue weighted by Gasteiger charge is 2.23. The summed E-state index contributed by atoms with van der Waals surface area (Å²) in [5.74, 6) is 1.50. The second kappa shape index (κ2) is 9.71. The molecule has 8 nitrogen and oxygen atoms in total. The standard InChI is InChI=1S/C21H35N7O/c22-15-8-10-16(11-9-15)25-21-26-19(23-12-4-1-5-13-29)18-20(27-21)28(14-24-18)17-6-2-3-7-17/h14-17,29H,1-13,22H2,(H2,23,25,26,27). The Morgan fingerprint density at radius 3 is 2.59 bits per heavy atom. The van der Waals surface area contributed by atoms with Crippen LogP contribution in [0.4, 0.5) is 11.8 Å². The average molecular weight is 402 g/mol. The summed E-state index contributed by atoms with van der Waals surface area (Å²) in [4.78, 5) is 14.3. The van der Waals surface area contributed by atoms with Crippen molar-refractivity contribution in [3.05, 3.63) is 6.33 Å². The Morgan fingerprint density at radius 2 is 1.83 bits per heavy atom. The maximum Gasteiger partial charge on any atom is 0.227 e. The fourth-order valence-electron chi connectivity index (χ4n) is 4.62. The quantitative estimate of drug-likeness (QED) is 0.477. The summed E-state index contributed by atoms with van der Waals surface area (Å²) in [5, 5.41) is 16.0. The van der Waals surface area contributed by atoms with Crippen molar-refractivity contribution in [2.45, 2.75) is 88.8 Å². The summed E-state index contributed by atoms with van der Waals surface area (Å²) in [7, 11) is 0. The summed E-state index contributed by atoms with van der Waals surface area (Å²) < 4.78 is 2.25. The molecule has 0 saturated heterocycles. The number of aromatic nitrogens is 4. The molecule has 8 heteroatoms. The number of rotatable bonds is 9. The number of unbranched alkanes of at least 4 members (excludes halogenated alkanes) is 2. The molecule has 4 rings (SSSR count). The topological polar surface area (TPSA) is 114 Å². The van der Waals surface area contributed by atoms with Crippen molar-refractivity contribution in [2.75, 3.05) is 23.8 Å². The van der Waals surface area contributed by atoms with Gasteiger partial charge in [-0.15, -0.1) is 0 Å². The van der Waals surface area contributed by atoms with E-state index in [1.54, 1.807) is 0 Å². The molecule has 160 valence electrons. The largest absolute Gasteiger partial charge is 0.396 e. The first kappa shape index (κ1) is 20.3. The van der Waals surface area contributed by atoms with E-state index in [0.29, 0.717) is 24.1 Å². The maximum absolute atomic E-state index is 8.97. The highest BCUT2D eigenvalue weighted by molar-refractivity contribution is 5.84. The minimum atomic E-state index is 0.253. The lowest BCUT2D eigenvalue weighted by molar-refractivity contribution is 0.283. The summed E-state index contributed by atoms with van der Waals surface area (Å²) in [6, 6.07) is 1.21. The Labute approximate surface area is 172 Å². The molecule has 0 aliphatic heterocycles. The molecule has 2 aromatic heterocycles. The number of hydrogen-bond donors (Lipinski definition) is 4. The summed E-state index contributed by atoms with van der Waals surface area (Å²) in [6.45, 7) is 1.07. The third kappa shape index (κ3) is 4.98. The van der Waals surface area contributed by atoms with Gasteiger partial charge >= 0.3 is 0 Å². The zero-order valence-corrected chi connectivity index (χ0v) is 17.3. The van der Waals surface area contributed by atoms with Gasteiger partial charge in [0.25, 0.3) is 0 Å². The molecule has 2 aliphatic rings. The van der Waals surface area contributed by atoms with E-state index in [0.717, 1.165) is 68.5 Å². The fraction of sp³-hybridized carbons (Fsp3) is 0.762. The molecule has 2 heterocycles. The van der Waals surface area contributed by atoms with E-state index in [9.17, 15) is 0 Å². The third-order valence-electron chi connectivity index (χ3n) is 6.37. The van der Waals surface area contributed by atoms with Gasteiger partial charge in [0, 0.05) is 31.3 Å². The predicted octanol–water partition coefficient (Wildman–Crippen LogP) is 3.20. The molecule has 2 fully saturated rings. The first-order valence-electron chi connectivity index (χ1n) is 11.4. The van der Waals surface area contributed by atoms with E-state index >= 15 is 0 Å². The lowest BCUT2D eigenvalue weighted by Crippen LogP contribution is -2.33. The van der Waals surface area contributed by atoms with Crippen LogP contribution in [0, 0.1) is 0 Å². The monoisotopic (exact) mass is 401 g/mol. The zero-order chi connectivity index (χ0) is 20.1. The fourth-order valence-corrected chi connectivity index (χ4v) is 4.62. The van der Waals surface area contributed by atoms with Gasteiger partial charge in [-0.1, -0.05) is 12.8 Å². The van der Waals surface area contributed by atoms with Crippen molar-refractivity contribution in [1.82, 2.24) is 19.5 Å². The Balaban J connectivity index is 1.55. The van der Waals surface area contributed by atoms with E-state index in [4.69, 9.17) is 20.8 Å². The van der Waals surface area contributed by atoms with Crippen LogP contribution in [0.1, 0.15) is 76.7 Å². The van der Waals surface area contributed by atoms with Crippen LogP contribution in [0.25, 0.3) is 11.2 Å². The summed E-state index contributed by atoms with van der Waals surface area (Å²) >= 11 is 0. The first-order valence-corrected chi connectivity index (χ1v) is 11.4. The van der Waals surface area contributed by atoms with Gasteiger partial charge in [0.1, 0.15) is 0 Å². The zero-order valence-electron chi connectivity index (χ0n) is 17.3. The number of hydrogen-bond acceptors (Lipinski definition) is 7. The smallest absolute Gasteiger partial charge is 0.227 e. The average Bonchev–Trinajstić information content (AvgIpc) is 3.39. The molecule has 0 spiro atoms. The van der Waals surface area contributed by atoms with Gasteiger partial charge in [-0.05, 0) is 57.8 Å². The summed E-state index contributed by atoms with van der Waals surface area (Å²) in [6.07, 6.45) is 14.0. The molecule has 0 unspecified atom stereocenters. The lowest BCUT2D eigenvalue weighted by Gasteiger charge is -2.27. The van der Waals surface area contributed by atoms with Gasteiger partial charge in [-0.25, -0.2) is 4.98 Å². The van der Waals surface area contributed by atoms with E-state index in [1.807, 2.05) is 6.33 Å². The van der Waals surface area contributed by atoms with Crippen LogP contribution < -0.4 is 16.4 Å². The molecule has 0 atom stereocenters. The Hall–Kier alpha value is -1.93. The Bertz CT molecular complexity index is 779. The van der Waals surface area contributed by atoms with Crippen LogP contribution in [0.3, 0.4) is 0 Å². The molecule has 2 aromatic rings. The molecule has 29 heavy (non-hydrogen) atoms. The minimum Gasteiger partial charge on any atom is -0.396 e. The molecule has 2 saturated carbocycles. The van der Waals surface area contributed by atoms with Crippen LogP contribution in [0.5, 0.6) is 0 Å². The number of aliphatic hydroxyl groups is 1. The van der Waals surface area contributed by atoms with Crippen LogP contribution >= 0.6 is 0 Å². The molecule has 0 amide bonds. The minimum absolute atomic E-state index is 0.253. The van der Waals surface area contributed by atoms with Crippen molar-refractivity contribution < 1.29 is 5.11 Å². The number of nitrogens with zero attached hydrogens (tertiary/aromatic N) is 4. The number of anilines is 2. The van der Waals surface area contributed by atoms with Crippen LogP contribution in [0.15, 0.2) is 6.33 Å². The lowest BCUT2D eigenvalue weighted by atomic mass is 9.92. The molecule has 5 N–H and O–H groups in total. The molecule has 2 aliphatic carbocycles. The van der Waals surface area contributed by atoms with E-state index < -0.39 is 0 Å². The van der Waals surface area contributed by atoms with Crippen molar-refractivity contribution >= 4 is 22.9 Å². The van der Waals surface area contributed by atoms with Crippen LogP contribution in [-0.2, 0) is 0 Å². The van der Waals surface area contributed by atoms with Gasteiger partial charge < -0.3 is 26.0 Å². The predicted molar refractivity (Wildman–Crippen MR) is 116 cm³/mol. The Morgan fingerprint density at radius 1 is 1.03 bits per heavy atom. The number of nitrogens with two attached hydrogens (primary N) is 1. The highest BCUT2D eigenvalue weighted by atomic mass is 16.2. The van der Waals surface area contributed by atoms with Crippen molar-refractivity contribution in [3.8, 4) is 0 Å². The molecular formula is C21H35N7O. The van der Waals surface area contributed by atoms with Gasteiger partial charge in [-0.2, -0.15) is 9.97 Å². The second-order valence-electron chi connectivity index (χ2n) is 8.63. The van der Waals surface area contributed by atoms with Crippen LogP contribution in [-0.4, -0.2) is 49.9 Å². The molecule has 0 radical (unpaired) electrons. The number of fused-ring (bicyclic) bond motifs is 1. The second-order valence-corrected chi connectivity index (χ2v) is 8.63. The van der Waals surface area contributed by atoms with E-state index in [1.165, 1.54) is 25.7 Å². The SMILES string of the molecule is NC1CCC(Nc2nc(NCCCCCO)c3ncn(C4CCCC4)c3n2)CC1.